The van der Waals surface area contributed by atoms with Crippen LogP contribution in [0.5, 0.6) is 0 Å². The number of likely N-dealkylation sites (tertiary alicyclic amines) is 1. The molecule has 6 heteroatoms. The standard InChI is InChI=1S/C10H16N2O4/c1-16-9(14)5-8(13)12-4-2-3-7(6-12)10(11)15/h7H,2-6H2,1H3,(H2,11,15). The van der Waals surface area contributed by atoms with Crippen molar-refractivity contribution in [2.45, 2.75) is 19.3 Å². The van der Waals surface area contributed by atoms with Crippen LogP contribution < -0.4 is 5.73 Å². The van der Waals surface area contributed by atoms with Crippen LogP contribution in [0.4, 0.5) is 0 Å². The molecule has 1 fully saturated rings. The summed E-state index contributed by atoms with van der Waals surface area (Å²) in [7, 11) is 1.23. The van der Waals surface area contributed by atoms with Gasteiger partial charge in [-0.15, -0.1) is 0 Å². The van der Waals surface area contributed by atoms with Crippen molar-refractivity contribution in [3.05, 3.63) is 0 Å². The van der Waals surface area contributed by atoms with Gasteiger partial charge in [0.15, 0.2) is 0 Å². The zero-order valence-corrected chi connectivity index (χ0v) is 9.27. The van der Waals surface area contributed by atoms with E-state index < -0.39 is 11.9 Å². The molecule has 1 saturated heterocycles. The van der Waals surface area contributed by atoms with E-state index in [9.17, 15) is 14.4 Å². The van der Waals surface area contributed by atoms with Crippen molar-refractivity contribution in [2.75, 3.05) is 20.2 Å². The van der Waals surface area contributed by atoms with E-state index in [2.05, 4.69) is 4.74 Å². The number of hydrogen-bond donors (Lipinski definition) is 1. The van der Waals surface area contributed by atoms with E-state index in [1.165, 1.54) is 12.0 Å². The maximum Gasteiger partial charge on any atom is 0.315 e. The van der Waals surface area contributed by atoms with Crippen molar-refractivity contribution in [3.8, 4) is 0 Å². The fraction of sp³-hybridized carbons (Fsp3) is 0.700. The first-order chi connectivity index (χ1) is 7.54. The van der Waals surface area contributed by atoms with Crippen molar-refractivity contribution < 1.29 is 19.1 Å². The van der Waals surface area contributed by atoms with E-state index >= 15 is 0 Å². The molecule has 1 heterocycles. The molecular formula is C10H16N2O4. The number of rotatable bonds is 3. The Morgan fingerprint density at radius 1 is 1.44 bits per heavy atom. The maximum atomic E-state index is 11.6. The lowest BCUT2D eigenvalue weighted by Crippen LogP contribution is -2.44. The van der Waals surface area contributed by atoms with Gasteiger partial charge in [-0.25, -0.2) is 0 Å². The normalized spacial score (nSPS) is 20.3. The lowest BCUT2D eigenvalue weighted by atomic mass is 9.97. The lowest BCUT2D eigenvalue weighted by molar-refractivity contribution is -0.147. The molecule has 1 unspecified atom stereocenters. The molecule has 2 amide bonds. The Morgan fingerprint density at radius 2 is 2.12 bits per heavy atom. The molecule has 0 bridgehead atoms. The Morgan fingerprint density at radius 3 is 2.69 bits per heavy atom. The minimum absolute atomic E-state index is 0.276. The first-order valence-corrected chi connectivity index (χ1v) is 5.18. The van der Waals surface area contributed by atoms with Gasteiger partial charge < -0.3 is 15.4 Å². The zero-order valence-electron chi connectivity index (χ0n) is 9.27. The number of methoxy groups -OCH3 is 1. The Bertz CT molecular complexity index is 303. The largest absolute Gasteiger partial charge is 0.469 e. The molecule has 1 aliphatic heterocycles. The predicted molar refractivity (Wildman–Crippen MR) is 55.1 cm³/mol. The molecule has 16 heavy (non-hydrogen) atoms. The molecule has 0 aromatic carbocycles. The minimum atomic E-state index is -0.564. The fourth-order valence-electron chi connectivity index (χ4n) is 1.74. The first kappa shape index (κ1) is 12.5. The van der Waals surface area contributed by atoms with Gasteiger partial charge in [0.05, 0.1) is 13.0 Å². The summed E-state index contributed by atoms with van der Waals surface area (Å²) >= 11 is 0. The first-order valence-electron chi connectivity index (χ1n) is 5.18. The number of carbonyl (C=O) groups is 3. The quantitative estimate of drug-likeness (QED) is 0.509. The third-order valence-electron chi connectivity index (χ3n) is 2.70. The van der Waals surface area contributed by atoms with Gasteiger partial charge in [-0.2, -0.15) is 0 Å². The number of ether oxygens (including phenoxy) is 1. The highest BCUT2D eigenvalue weighted by atomic mass is 16.5. The van der Waals surface area contributed by atoms with Crippen molar-refractivity contribution in [2.24, 2.45) is 11.7 Å². The molecule has 0 aliphatic carbocycles. The van der Waals surface area contributed by atoms with Crippen LogP contribution in [0.15, 0.2) is 0 Å². The minimum Gasteiger partial charge on any atom is -0.469 e. The van der Waals surface area contributed by atoms with Crippen LogP contribution in [0.1, 0.15) is 19.3 Å². The fourth-order valence-corrected chi connectivity index (χ4v) is 1.74. The molecule has 2 N–H and O–H groups in total. The monoisotopic (exact) mass is 228 g/mol. The summed E-state index contributed by atoms with van der Waals surface area (Å²) in [6, 6.07) is 0. The molecule has 90 valence electrons. The summed E-state index contributed by atoms with van der Waals surface area (Å²) < 4.78 is 4.41. The van der Waals surface area contributed by atoms with E-state index in [0.29, 0.717) is 19.5 Å². The molecule has 1 aliphatic rings. The van der Waals surface area contributed by atoms with Crippen LogP contribution >= 0.6 is 0 Å². The molecule has 6 nitrogen and oxygen atoms in total. The second-order valence-electron chi connectivity index (χ2n) is 3.83. The Hall–Kier alpha value is -1.59. The SMILES string of the molecule is COC(=O)CC(=O)N1CCCC(C(N)=O)C1. The number of piperidine rings is 1. The second-order valence-corrected chi connectivity index (χ2v) is 3.83. The predicted octanol–water partition coefficient (Wildman–Crippen LogP) is -0.727. The Balaban J connectivity index is 2.50. The van der Waals surface area contributed by atoms with E-state index in [1.807, 2.05) is 0 Å². The molecule has 0 aromatic heterocycles. The number of nitrogens with zero attached hydrogens (tertiary/aromatic N) is 1. The summed E-state index contributed by atoms with van der Waals surface area (Å²) in [6.07, 6.45) is 1.17. The van der Waals surface area contributed by atoms with Gasteiger partial charge in [0, 0.05) is 13.1 Å². The van der Waals surface area contributed by atoms with E-state index in [-0.39, 0.29) is 18.2 Å². The Labute approximate surface area is 93.7 Å². The van der Waals surface area contributed by atoms with Crippen LogP contribution in [0.2, 0.25) is 0 Å². The molecule has 0 saturated carbocycles. The summed E-state index contributed by atoms with van der Waals surface area (Å²) in [5.41, 5.74) is 5.19. The van der Waals surface area contributed by atoms with Gasteiger partial charge in [-0.1, -0.05) is 0 Å². The van der Waals surface area contributed by atoms with Crippen molar-refractivity contribution in [1.82, 2.24) is 4.90 Å². The number of carbonyl (C=O) groups excluding carboxylic acids is 3. The van der Waals surface area contributed by atoms with Gasteiger partial charge in [0.1, 0.15) is 6.42 Å². The van der Waals surface area contributed by atoms with Gasteiger partial charge in [0.2, 0.25) is 11.8 Å². The number of amides is 2. The van der Waals surface area contributed by atoms with Crippen LogP contribution in [0.25, 0.3) is 0 Å². The van der Waals surface area contributed by atoms with E-state index in [1.54, 1.807) is 0 Å². The van der Waals surface area contributed by atoms with Crippen LogP contribution in [0.3, 0.4) is 0 Å². The summed E-state index contributed by atoms with van der Waals surface area (Å²) in [4.78, 5) is 35.0. The molecule has 0 radical (unpaired) electrons. The zero-order chi connectivity index (χ0) is 12.1. The third kappa shape index (κ3) is 3.22. The van der Waals surface area contributed by atoms with Gasteiger partial charge in [0.25, 0.3) is 0 Å². The highest BCUT2D eigenvalue weighted by Crippen LogP contribution is 2.16. The van der Waals surface area contributed by atoms with E-state index in [4.69, 9.17) is 5.73 Å². The van der Waals surface area contributed by atoms with Crippen LogP contribution in [0, 0.1) is 5.92 Å². The van der Waals surface area contributed by atoms with E-state index in [0.717, 1.165) is 6.42 Å². The number of nitrogens with two attached hydrogens (primary N) is 1. The maximum absolute atomic E-state index is 11.6. The third-order valence-corrected chi connectivity index (χ3v) is 2.70. The van der Waals surface area contributed by atoms with Crippen molar-refractivity contribution in [3.63, 3.8) is 0 Å². The van der Waals surface area contributed by atoms with Gasteiger partial charge in [-0.3, -0.25) is 14.4 Å². The Kier molecular flexibility index (Phi) is 4.28. The molecule has 1 atom stereocenters. The molecule has 1 rings (SSSR count). The van der Waals surface area contributed by atoms with Crippen molar-refractivity contribution in [1.29, 1.82) is 0 Å². The average Bonchev–Trinajstić information content (AvgIpc) is 2.28. The second kappa shape index (κ2) is 5.48. The van der Waals surface area contributed by atoms with Crippen LogP contribution in [-0.2, 0) is 19.1 Å². The average molecular weight is 228 g/mol. The van der Waals surface area contributed by atoms with Crippen molar-refractivity contribution >= 4 is 17.8 Å². The summed E-state index contributed by atoms with van der Waals surface area (Å²) in [5, 5.41) is 0. The highest BCUT2D eigenvalue weighted by Gasteiger charge is 2.27. The van der Waals surface area contributed by atoms with Gasteiger partial charge in [-0.05, 0) is 12.8 Å². The number of esters is 1. The smallest absolute Gasteiger partial charge is 0.315 e. The summed E-state index contributed by atoms with van der Waals surface area (Å²) in [6.45, 7) is 0.880. The summed E-state index contributed by atoms with van der Waals surface area (Å²) in [5.74, 6) is -1.56. The topological polar surface area (TPSA) is 89.7 Å². The molecule has 0 aromatic rings. The molecule has 0 spiro atoms. The lowest BCUT2D eigenvalue weighted by Gasteiger charge is -2.30. The van der Waals surface area contributed by atoms with Gasteiger partial charge >= 0.3 is 5.97 Å². The number of primary amides is 1. The number of hydrogen-bond acceptors (Lipinski definition) is 4. The molecular weight excluding hydrogens is 212 g/mol. The highest BCUT2D eigenvalue weighted by molar-refractivity contribution is 5.94. The van der Waals surface area contributed by atoms with Crippen LogP contribution in [-0.4, -0.2) is 42.9 Å².